The Hall–Kier alpha value is -2.32. The van der Waals surface area contributed by atoms with Gasteiger partial charge in [-0.3, -0.25) is 14.4 Å². The molecule has 334 valence electrons. The average Bonchev–Trinajstić information content (AvgIpc) is 3.46. The zero-order chi connectivity index (χ0) is 42.3. The summed E-state index contributed by atoms with van der Waals surface area (Å²) < 4.78 is 11.2. The minimum Gasteiger partial charge on any atom is -0.481 e. The highest BCUT2D eigenvalue weighted by Crippen LogP contribution is 2.25. The van der Waals surface area contributed by atoms with Crippen molar-refractivity contribution in [2.24, 2.45) is 5.92 Å². The number of ether oxygens (including phenoxy) is 2. The van der Waals surface area contributed by atoms with Crippen molar-refractivity contribution >= 4 is 23.8 Å². The van der Waals surface area contributed by atoms with Gasteiger partial charge in [0.05, 0.1) is 12.7 Å². The van der Waals surface area contributed by atoms with Crippen LogP contribution in [0.3, 0.4) is 0 Å². The summed E-state index contributed by atoms with van der Waals surface area (Å²) in [6.45, 7) is 5.31. The van der Waals surface area contributed by atoms with Crippen LogP contribution in [0.15, 0.2) is 0 Å². The van der Waals surface area contributed by atoms with Crippen LogP contribution >= 0.6 is 0 Å². The molecule has 1 heterocycles. The number of carboxylic acids is 2. The minimum absolute atomic E-state index is 0.364. The van der Waals surface area contributed by atoms with Gasteiger partial charge in [0.2, 0.25) is 11.8 Å². The second-order valence-electron chi connectivity index (χ2n) is 16.5. The van der Waals surface area contributed by atoms with Gasteiger partial charge in [0.1, 0.15) is 30.4 Å². The number of carbonyl (C=O) groups excluding carboxylic acids is 2. The number of aliphatic hydroxyl groups excluding tert-OH is 3. The maximum absolute atomic E-state index is 13.9. The molecule has 0 aromatic rings. The molecule has 0 spiro atoms. The van der Waals surface area contributed by atoms with E-state index in [1.807, 2.05) is 0 Å². The molecule has 1 aliphatic rings. The second kappa shape index (κ2) is 33.5. The van der Waals surface area contributed by atoms with Gasteiger partial charge in [0, 0.05) is 12.3 Å². The average molecular weight is 815 g/mol. The summed E-state index contributed by atoms with van der Waals surface area (Å²) in [7, 11) is 0. The first kappa shape index (κ1) is 52.7. The van der Waals surface area contributed by atoms with Gasteiger partial charge < -0.3 is 45.6 Å². The fourth-order valence-electron chi connectivity index (χ4n) is 7.54. The predicted molar refractivity (Wildman–Crippen MR) is 222 cm³/mol. The van der Waals surface area contributed by atoms with Gasteiger partial charge in [0.15, 0.2) is 6.29 Å². The lowest BCUT2D eigenvalue weighted by atomic mass is 9.93. The second-order valence-corrected chi connectivity index (χ2v) is 16.5. The zero-order valence-corrected chi connectivity index (χ0v) is 35.8. The standard InChI is InChI=1S/C44H82N2O11/c1-4-6-8-10-12-14-16-18-20-22-24-26-28-34(29-27-25-23-21-19-17-15-13-11-9-7-5-2)41(52)46-36(42(53)45-35(43(54)55)30-31-37(48)49)32-56-44-39(51)38(50)40(57-44)33(3)47/h33-36,38-40,44,47,50-51H,4-32H2,1-3H3,(H,45,53)(H,46,52)(H,48,49)(H,54,55)/t33-,35+,36-,38-,39-,40+,44+/m0/s1. The van der Waals surface area contributed by atoms with Crippen LogP contribution in [0.2, 0.25) is 0 Å². The van der Waals surface area contributed by atoms with Gasteiger partial charge in [-0.2, -0.15) is 0 Å². The topological polar surface area (TPSA) is 212 Å². The maximum Gasteiger partial charge on any atom is 0.326 e. The van der Waals surface area contributed by atoms with Gasteiger partial charge in [-0.1, -0.05) is 168 Å². The first-order valence-corrected chi connectivity index (χ1v) is 22.8. The quantitative estimate of drug-likeness (QED) is 0.0303. The van der Waals surface area contributed by atoms with Crippen molar-refractivity contribution in [2.45, 2.75) is 243 Å². The Bertz CT molecular complexity index is 1030. The molecule has 1 saturated heterocycles. The van der Waals surface area contributed by atoms with Crippen LogP contribution < -0.4 is 10.6 Å². The van der Waals surface area contributed by atoms with Crippen molar-refractivity contribution in [2.75, 3.05) is 6.61 Å². The summed E-state index contributed by atoms with van der Waals surface area (Å²) in [5.41, 5.74) is 0. The number of rotatable bonds is 38. The Morgan fingerprint density at radius 2 is 0.982 bits per heavy atom. The third-order valence-corrected chi connectivity index (χ3v) is 11.2. The summed E-state index contributed by atoms with van der Waals surface area (Å²) in [4.78, 5) is 50.5. The monoisotopic (exact) mass is 815 g/mol. The van der Waals surface area contributed by atoms with Gasteiger partial charge in [0.25, 0.3) is 0 Å². The number of amides is 2. The van der Waals surface area contributed by atoms with Gasteiger partial charge in [-0.05, 0) is 26.2 Å². The molecular weight excluding hydrogens is 732 g/mol. The number of carboxylic acid groups (broad SMARTS) is 2. The predicted octanol–water partition coefficient (Wildman–Crippen LogP) is 7.55. The molecule has 0 saturated carbocycles. The summed E-state index contributed by atoms with van der Waals surface area (Å²) in [5.74, 6) is -4.29. The maximum atomic E-state index is 13.9. The molecular formula is C44H82N2O11. The van der Waals surface area contributed by atoms with Crippen molar-refractivity contribution in [3.63, 3.8) is 0 Å². The van der Waals surface area contributed by atoms with E-state index < -0.39 is 73.7 Å². The lowest BCUT2D eigenvalue weighted by Crippen LogP contribution is -2.55. The lowest BCUT2D eigenvalue weighted by Gasteiger charge is -2.25. The van der Waals surface area contributed by atoms with E-state index in [0.29, 0.717) is 12.8 Å². The fourth-order valence-corrected chi connectivity index (χ4v) is 7.54. The molecule has 2 amide bonds. The third kappa shape index (κ3) is 25.0. The molecule has 1 aliphatic heterocycles. The number of hydrogen-bond acceptors (Lipinski definition) is 9. The fraction of sp³-hybridized carbons (Fsp3) is 0.909. The Morgan fingerprint density at radius 1 is 0.579 bits per heavy atom. The van der Waals surface area contributed by atoms with Crippen LogP contribution in [0.5, 0.6) is 0 Å². The van der Waals surface area contributed by atoms with Gasteiger partial charge in [-0.15, -0.1) is 0 Å². The van der Waals surface area contributed by atoms with Crippen LogP contribution in [-0.4, -0.2) is 98.7 Å². The molecule has 7 atom stereocenters. The largest absolute Gasteiger partial charge is 0.481 e. The summed E-state index contributed by atoms with van der Waals surface area (Å²) in [6.07, 6.45) is 22.5. The smallest absolute Gasteiger partial charge is 0.326 e. The molecule has 0 radical (unpaired) electrons. The van der Waals surface area contributed by atoms with Crippen LogP contribution in [-0.2, 0) is 28.7 Å². The summed E-state index contributed by atoms with van der Waals surface area (Å²) in [6, 6.07) is -2.94. The van der Waals surface area contributed by atoms with Crippen LogP contribution in [0.1, 0.15) is 201 Å². The molecule has 1 rings (SSSR count). The molecule has 0 aromatic carbocycles. The van der Waals surface area contributed by atoms with Crippen molar-refractivity contribution < 1.29 is 54.2 Å². The minimum atomic E-state index is -1.55. The SMILES string of the molecule is CCCCCCCCCCCCCCC(CCCCCCCCCCCCCC)C(=O)N[C@@H](CO[C@@H]1O[C@H]([C@H](C)O)[C@@H](O)[C@@H]1O)C(=O)N[C@H](CCC(=O)O)C(=O)O. The van der Waals surface area contributed by atoms with E-state index in [0.717, 1.165) is 51.4 Å². The van der Waals surface area contributed by atoms with E-state index in [9.17, 15) is 39.6 Å². The Labute approximate surface area is 343 Å². The van der Waals surface area contributed by atoms with E-state index in [1.54, 1.807) is 0 Å². The third-order valence-electron chi connectivity index (χ3n) is 11.2. The Kier molecular flexibility index (Phi) is 31.0. The van der Waals surface area contributed by atoms with E-state index in [-0.39, 0.29) is 18.2 Å². The molecule has 57 heavy (non-hydrogen) atoms. The number of carbonyl (C=O) groups is 4. The van der Waals surface area contributed by atoms with E-state index in [4.69, 9.17) is 14.6 Å². The van der Waals surface area contributed by atoms with E-state index >= 15 is 0 Å². The first-order valence-electron chi connectivity index (χ1n) is 22.8. The van der Waals surface area contributed by atoms with Crippen LogP contribution in [0.4, 0.5) is 0 Å². The molecule has 1 fully saturated rings. The number of hydrogen-bond donors (Lipinski definition) is 7. The number of aliphatic carboxylic acids is 2. The Morgan fingerprint density at radius 3 is 1.35 bits per heavy atom. The van der Waals surface area contributed by atoms with Crippen molar-refractivity contribution in [3.8, 4) is 0 Å². The zero-order valence-electron chi connectivity index (χ0n) is 35.8. The lowest BCUT2D eigenvalue weighted by molar-refractivity contribution is -0.181. The summed E-state index contributed by atoms with van der Waals surface area (Å²) >= 11 is 0. The number of unbranched alkanes of at least 4 members (excludes halogenated alkanes) is 22. The van der Waals surface area contributed by atoms with Gasteiger partial charge >= 0.3 is 11.9 Å². The normalized spacial score (nSPS) is 19.7. The Balaban J connectivity index is 2.88. The summed E-state index contributed by atoms with van der Waals surface area (Å²) in [5, 5.41) is 54.6. The highest BCUT2D eigenvalue weighted by molar-refractivity contribution is 5.91. The number of aliphatic hydroxyl groups is 3. The molecule has 0 aromatic heterocycles. The van der Waals surface area contributed by atoms with E-state index in [1.165, 1.54) is 110 Å². The van der Waals surface area contributed by atoms with Gasteiger partial charge in [-0.25, -0.2) is 4.79 Å². The molecule has 0 aliphatic carbocycles. The van der Waals surface area contributed by atoms with E-state index in [2.05, 4.69) is 24.5 Å². The molecule has 0 unspecified atom stereocenters. The van der Waals surface area contributed by atoms with Crippen LogP contribution in [0.25, 0.3) is 0 Å². The van der Waals surface area contributed by atoms with Crippen molar-refractivity contribution in [3.05, 3.63) is 0 Å². The molecule has 0 bridgehead atoms. The first-order chi connectivity index (χ1) is 27.4. The highest BCUT2D eigenvalue weighted by atomic mass is 16.7. The molecule has 7 N–H and O–H groups in total. The highest BCUT2D eigenvalue weighted by Gasteiger charge is 2.46. The molecule has 13 heteroatoms. The van der Waals surface area contributed by atoms with Crippen LogP contribution in [0, 0.1) is 5.92 Å². The van der Waals surface area contributed by atoms with Crippen molar-refractivity contribution in [1.29, 1.82) is 0 Å². The number of nitrogens with one attached hydrogen (secondary N) is 2. The molecule has 13 nitrogen and oxygen atoms in total. The van der Waals surface area contributed by atoms with Crippen molar-refractivity contribution in [1.82, 2.24) is 10.6 Å².